The lowest BCUT2D eigenvalue weighted by molar-refractivity contribution is -0.117. The Morgan fingerprint density at radius 1 is 1.36 bits per heavy atom. The van der Waals surface area contributed by atoms with Crippen LogP contribution in [0.4, 0.5) is 5.69 Å². The van der Waals surface area contributed by atoms with E-state index in [-0.39, 0.29) is 30.8 Å². The van der Waals surface area contributed by atoms with Gasteiger partial charge in [0.25, 0.3) is 5.91 Å². The van der Waals surface area contributed by atoms with Gasteiger partial charge in [0.2, 0.25) is 15.9 Å². The number of nitrogens with one attached hydrogen (secondary N) is 1. The maximum absolute atomic E-state index is 12.2. The summed E-state index contributed by atoms with van der Waals surface area (Å²) in [5.41, 5.74) is 0.733. The molecule has 1 aliphatic rings. The first-order valence-corrected chi connectivity index (χ1v) is 8.53. The van der Waals surface area contributed by atoms with E-state index < -0.39 is 15.3 Å². The molecule has 1 unspecified atom stereocenters. The molecular formula is C14H19N3O4S. The number of nitrogens with two attached hydrogens (primary N) is 1. The van der Waals surface area contributed by atoms with Crippen LogP contribution in [0.1, 0.15) is 30.6 Å². The second-order valence-corrected chi connectivity index (χ2v) is 7.41. The van der Waals surface area contributed by atoms with Gasteiger partial charge in [-0.05, 0) is 26.0 Å². The van der Waals surface area contributed by atoms with Crippen molar-refractivity contribution in [3.05, 3.63) is 29.8 Å². The molecule has 1 fully saturated rings. The highest BCUT2D eigenvalue weighted by atomic mass is 32.2. The first-order valence-electron chi connectivity index (χ1n) is 6.92. The Morgan fingerprint density at radius 3 is 2.55 bits per heavy atom. The Balaban J connectivity index is 2.34. The van der Waals surface area contributed by atoms with Crippen molar-refractivity contribution >= 4 is 27.5 Å². The average Bonchev–Trinajstić information content (AvgIpc) is 2.80. The summed E-state index contributed by atoms with van der Waals surface area (Å²) in [7, 11) is -3.79. The molecule has 1 aliphatic heterocycles. The van der Waals surface area contributed by atoms with Gasteiger partial charge < -0.3 is 10.2 Å². The molecule has 0 aromatic heterocycles. The minimum atomic E-state index is -3.79. The highest BCUT2D eigenvalue weighted by molar-refractivity contribution is 7.89. The highest BCUT2D eigenvalue weighted by Crippen LogP contribution is 2.27. The summed E-state index contributed by atoms with van der Waals surface area (Å²) in [6.07, 6.45) is -0.168. The van der Waals surface area contributed by atoms with Crippen molar-refractivity contribution in [1.29, 1.82) is 0 Å². The Morgan fingerprint density at radius 2 is 2.00 bits per heavy atom. The van der Waals surface area contributed by atoms with E-state index in [1.54, 1.807) is 24.3 Å². The largest absolute Gasteiger partial charge is 0.350 e. The molecule has 1 aromatic rings. The van der Waals surface area contributed by atoms with Crippen molar-refractivity contribution < 1.29 is 18.0 Å². The van der Waals surface area contributed by atoms with Gasteiger partial charge in [0.15, 0.2) is 0 Å². The van der Waals surface area contributed by atoms with Crippen LogP contribution >= 0.6 is 0 Å². The highest BCUT2D eigenvalue weighted by Gasteiger charge is 2.38. The number of nitrogens with zero attached hydrogens (tertiary/aromatic N) is 1. The number of para-hydroxylation sites is 1. The first-order chi connectivity index (χ1) is 10.2. The number of anilines is 1. The van der Waals surface area contributed by atoms with E-state index >= 15 is 0 Å². The van der Waals surface area contributed by atoms with Crippen LogP contribution in [0.25, 0.3) is 0 Å². The Hall–Kier alpha value is -1.93. The van der Waals surface area contributed by atoms with E-state index in [4.69, 9.17) is 5.14 Å². The normalized spacial score (nSPS) is 18.8. The van der Waals surface area contributed by atoms with Gasteiger partial charge in [0.05, 0.1) is 11.3 Å². The van der Waals surface area contributed by atoms with Crippen LogP contribution in [0, 0.1) is 0 Å². The number of hydrogen-bond acceptors (Lipinski definition) is 4. The fourth-order valence-corrected chi connectivity index (χ4v) is 3.10. The van der Waals surface area contributed by atoms with Gasteiger partial charge in [-0.25, -0.2) is 13.6 Å². The van der Waals surface area contributed by atoms with Crippen molar-refractivity contribution in [1.82, 2.24) is 5.32 Å². The van der Waals surface area contributed by atoms with Crippen molar-refractivity contribution in [3.63, 3.8) is 0 Å². The lowest BCUT2D eigenvalue weighted by Crippen LogP contribution is -2.35. The molecule has 8 heteroatoms. The molecule has 0 radical (unpaired) electrons. The summed E-state index contributed by atoms with van der Waals surface area (Å²) in [6.45, 7) is 3.63. The Kier molecular flexibility index (Phi) is 4.52. The summed E-state index contributed by atoms with van der Waals surface area (Å²) in [5.74, 6) is -0.665. The number of primary sulfonamides is 1. The molecule has 0 bridgehead atoms. The van der Waals surface area contributed by atoms with E-state index in [0.717, 1.165) is 0 Å². The molecule has 1 atom stereocenters. The molecule has 120 valence electrons. The molecule has 7 nitrogen and oxygen atoms in total. The minimum Gasteiger partial charge on any atom is -0.350 e. The zero-order valence-electron chi connectivity index (χ0n) is 12.4. The van der Waals surface area contributed by atoms with Crippen molar-refractivity contribution in [3.8, 4) is 0 Å². The summed E-state index contributed by atoms with van der Waals surface area (Å²) in [5, 5.41) is 6.94. The number of hydrogen-bond donors (Lipinski definition) is 2. The van der Waals surface area contributed by atoms with Crippen LogP contribution in [0.15, 0.2) is 24.3 Å². The molecule has 22 heavy (non-hydrogen) atoms. The van der Waals surface area contributed by atoms with Crippen molar-refractivity contribution in [2.75, 3.05) is 11.4 Å². The summed E-state index contributed by atoms with van der Waals surface area (Å²) < 4.78 is 22.9. The van der Waals surface area contributed by atoms with E-state index in [0.29, 0.717) is 11.3 Å². The molecule has 0 aliphatic carbocycles. The zero-order valence-corrected chi connectivity index (χ0v) is 13.3. The van der Waals surface area contributed by atoms with E-state index in [1.165, 1.54) is 4.90 Å². The van der Waals surface area contributed by atoms with Crippen LogP contribution in [0.2, 0.25) is 0 Å². The molecule has 1 heterocycles. The molecule has 0 saturated carbocycles. The summed E-state index contributed by atoms with van der Waals surface area (Å²) in [4.78, 5) is 25.6. The zero-order chi connectivity index (χ0) is 16.5. The predicted molar refractivity (Wildman–Crippen MR) is 82.9 cm³/mol. The van der Waals surface area contributed by atoms with Gasteiger partial charge in [-0.15, -0.1) is 0 Å². The van der Waals surface area contributed by atoms with Crippen LogP contribution in [-0.2, 0) is 14.8 Å². The summed E-state index contributed by atoms with van der Waals surface area (Å²) >= 11 is 0. The van der Waals surface area contributed by atoms with E-state index in [9.17, 15) is 18.0 Å². The van der Waals surface area contributed by atoms with Gasteiger partial charge in [0, 0.05) is 19.0 Å². The van der Waals surface area contributed by atoms with Gasteiger partial charge in [0.1, 0.15) is 5.25 Å². The third-order valence-corrected chi connectivity index (χ3v) is 4.66. The van der Waals surface area contributed by atoms with Crippen LogP contribution < -0.4 is 15.4 Å². The molecule has 2 amide bonds. The second kappa shape index (κ2) is 6.05. The van der Waals surface area contributed by atoms with E-state index in [2.05, 4.69) is 5.32 Å². The number of carbonyl (C=O) groups is 2. The third-order valence-electron chi connectivity index (χ3n) is 3.41. The number of rotatable bonds is 4. The number of sulfonamides is 1. The smallest absolute Gasteiger partial charge is 0.253 e. The maximum Gasteiger partial charge on any atom is 0.253 e. The lowest BCUT2D eigenvalue weighted by Gasteiger charge is -2.20. The lowest BCUT2D eigenvalue weighted by atomic mass is 10.1. The van der Waals surface area contributed by atoms with Crippen molar-refractivity contribution in [2.45, 2.75) is 31.6 Å². The van der Waals surface area contributed by atoms with Gasteiger partial charge in [-0.3, -0.25) is 9.59 Å². The Bertz CT molecular complexity index is 700. The average molecular weight is 325 g/mol. The first kappa shape index (κ1) is 16.4. The fourth-order valence-electron chi connectivity index (χ4n) is 2.37. The molecule has 2 rings (SSSR count). The Labute approximate surface area is 129 Å². The van der Waals surface area contributed by atoms with Crippen LogP contribution in [0.3, 0.4) is 0 Å². The minimum absolute atomic E-state index is 0.0381. The predicted octanol–water partition coefficient (Wildman–Crippen LogP) is 0.219. The van der Waals surface area contributed by atoms with Gasteiger partial charge in [-0.1, -0.05) is 12.1 Å². The molecular weight excluding hydrogens is 306 g/mol. The molecule has 1 aromatic carbocycles. The van der Waals surface area contributed by atoms with Crippen LogP contribution in [-0.4, -0.2) is 38.1 Å². The number of benzene rings is 1. The standard InChI is InChI=1S/C14H19N3O4S/c1-9(2)16-14(19)11-5-3-4-6-12(11)17-8-10(7-13(17)18)22(15,20)21/h3-6,9-10H,7-8H2,1-2H3,(H,16,19)(H2,15,20,21). The quantitative estimate of drug-likeness (QED) is 0.825. The molecule has 0 spiro atoms. The molecule has 1 saturated heterocycles. The second-order valence-electron chi connectivity index (χ2n) is 5.56. The topological polar surface area (TPSA) is 110 Å². The van der Waals surface area contributed by atoms with Gasteiger partial charge >= 0.3 is 0 Å². The molecule has 3 N–H and O–H groups in total. The van der Waals surface area contributed by atoms with Gasteiger partial charge in [-0.2, -0.15) is 0 Å². The number of carbonyl (C=O) groups excluding carboxylic acids is 2. The van der Waals surface area contributed by atoms with E-state index in [1.807, 2.05) is 13.8 Å². The number of amides is 2. The SMILES string of the molecule is CC(C)NC(=O)c1ccccc1N1CC(S(N)(=O)=O)CC1=O. The fraction of sp³-hybridized carbons (Fsp3) is 0.429. The third kappa shape index (κ3) is 3.45. The van der Waals surface area contributed by atoms with Crippen molar-refractivity contribution in [2.24, 2.45) is 5.14 Å². The summed E-state index contributed by atoms with van der Waals surface area (Å²) in [6, 6.07) is 6.56. The van der Waals surface area contributed by atoms with Crippen LogP contribution in [0.5, 0.6) is 0 Å². The monoisotopic (exact) mass is 325 g/mol. The maximum atomic E-state index is 12.2.